The van der Waals surface area contributed by atoms with E-state index in [0.29, 0.717) is 23.1 Å². The van der Waals surface area contributed by atoms with Crippen molar-refractivity contribution in [1.82, 2.24) is 9.78 Å². The van der Waals surface area contributed by atoms with Crippen LogP contribution in [0.15, 0.2) is 30.5 Å². The number of nitrogen functional groups attached to an aromatic ring is 1. The molecular weight excluding hydrogens is 304 g/mol. The van der Waals surface area contributed by atoms with Crippen molar-refractivity contribution in [3.63, 3.8) is 0 Å². The van der Waals surface area contributed by atoms with Crippen LogP contribution in [-0.4, -0.2) is 21.5 Å². The number of rotatable bonds is 3. The Bertz CT molecular complexity index is 676. The molecule has 0 unspecified atom stereocenters. The molecule has 0 atom stereocenters. The molecule has 6 nitrogen and oxygen atoms in total. The second kappa shape index (κ2) is 6.27. The van der Waals surface area contributed by atoms with Crippen LogP contribution in [-0.2, 0) is 11.3 Å². The third kappa shape index (κ3) is 4.66. The lowest BCUT2D eigenvalue weighted by Gasteiger charge is -2.20. The van der Waals surface area contributed by atoms with Gasteiger partial charge in [0.1, 0.15) is 11.4 Å². The van der Waals surface area contributed by atoms with Crippen molar-refractivity contribution in [3.8, 4) is 0 Å². The van der Waals surface area contributed by atoms with Gasteiger partial charge in [-0.15, -0.1) is 0 Å². The summed E-state index contributed by atoms with van der Waals surface area (Å²) in [6, 6.07) is 6.92. The smallest absolute Gasteiger partial charge is 0.412 e. The van der Waals surface area contributed by atoms with E-state index in [9.17, 15) is 4.79 Å². The number of ether oxygens (including phenoxy) is 1. The molecule has 0 aliphatic carbocycles. The van der Waals surface area contributed by atoms with E-state index >= 15 is 0 Å². The molecule has 0 saturated heterocycles. The van der Waals surface area contributed by atoms with Crippen molar-refractivity contribution < 1.29 is 9.53 Å². The number of aromatic nitrogens is 2. The number of nitrogens with two attached hydrogens (primary N) is 1. The quantitative estimate of drug-likeness (QED) is 0.905. The molecule has 0 radical (unpaired) electrons. The summed E-state index contributed by atoms with van der Waals surface area (Å²) in [5.74, 6) is 0.444. The van der Waals surface area contributed by atoms with Crippen LogP contribution in [0.3, 0.4) is 0 Å². The number of nitrogens with one attached hydrogen (secondary N) is 1. The average molecular weight is 323 g/mol. The van der Waals surface area contributed by atoms with E-state index in [4.69, 9.17) is 22.1 Å². The first kappa shape index (κ1) is 16.2. The molecule has 7 heteroatoms. The minimum Gasteiger partial charge on any atom is -0.444 e. The van der Waals surface area contributed by atoms with E-state index in [-0.39, 0.29) is 0 Å². The van der Waals surface area contributed by atoms with E-state index in [0.717, 1.165) is 5.56 Å². The molecule has 1 heterocycles. The standard InChI is InChI=1S/C15H19ClN4O2/c1-15(2,3)22-14(21)18-11-4-5-12(16)10(8-11)9-20-7-6-13(17)19-20/h4-8H,9H2,1-3H3,(H2,17,19)(H,18,21). The highest BCUT2D eigenvalue weighted by molar-refractivity contribution is 6.31. The molecular formula is C15H19ClN4O2. The minimum atomic E-state index is -0.550. The van der Waals surface area contributed by atoms with Gasteiger partial charge >= 0.3 is 6.09 Å². The van der Waals surface area contributed by atoms with Gasteiger partial charge in [0.15, 0.2) is 0 Å². The molecule has 1 aromatic heterocycles. The first-order valence-corrected chi connectivity index (χ1v) is 7.18. The van der Waals surface area contributed by atoms with Gasteiger partial charge in [0.25, 0.3) is 0 Å². The van der Waals surface area contributed by atoms with Gasteiger partial charge in [0, 0.05) is 16.9 Å². The Kier molecular flexibility index (Phi) is 4.61. The van der Waals surface area contributed by atoms with Crippen LogP contribution < -0.4 is 11.1 Å². The Balaban J connectivity index is 2.11. The van der Waals surface area contributed by atoms with Gasteiger partial charge in [-0.1, -0.05) is 11.6 Å². The summed E-state index contributed by atoms with van der Waals surface area (Å²) < 4.78 is 6.89. The SMILES string of the molecule is CC(C)(C)OC(=O)Nc1ccc(Cl)c(Cn2ccc(N)n2)c1. The maximum atomic E-state index is 11.8. The zero-order valence-electron chi connectivity index (χ0n) is 12.8. The van der Waals surface area contributed by atoms with E-state index in [1.165, 1.54) is 0 Å². The number of carbonyl (C=O) groups is 1. The van der Waals surface area contributed by atoms with E-state index in [1.807, 2.05) is 20.8 Å². The largest absolute Gasteiger partial charge is 0.444 e. The summed E-state index contributed by atoms with van der Waals surface area (Å²) in [5, 5.41) is 7.38. The Morgan fingerprint density at radius 1 is 1.41 bits per heavy atom. The second-order valence-electron chi connectivity index (χ2n) is 5.87. The van der Waals surface area contributed by atoms with Gasteiger partial charge in [0.2, 0.25) is 0 Å². The molecule has 2 aromatic rings. The number of anilines is 2. The van der Waals surface area contributed by atoms with Crippen molar-refractivity contribution in [2.24, 2.45) is 0 Å². The van der Waals surface area contributed by atoms with Gasteiger partial charge in [-0.2, -0.15) is 5.10 Å². The number of benzene rings is 1. The number of hydrogen-bond donors (Lipinski definition) is 2. The molecule has 0 spiro atoms. The first-order valence-electron chi connectivity index (χ1n) is 6.80. The zero-order valence-corrected chi connectivity index (χ0v) is 13.5. The second-order valence-corrected chi connectivity index (χ2v) is 6.28. The molecule has 0 aliphatic heterocycles. The summed E-state index contributed by atoms with van der Waals surface area (Å²) in [4.78, 5) is 11.8. The van der Waals surface area contributed by atoms with Crippen molar-refractivity contribution in [3.05, 3.63) is 41.0 Å². The van der Waals surface area contributed by atoms with Crippen molar-refractivity contribution in [2.45, 2.75) is 32.9 Å². The van der Waals surface area contributed by atoms with E-state index in [2.05, 4.69) is 10.4 Å². The summed E-state index contributed by atoms with van der Waals surface area (Å²) in [6.45, 7) is 5.88. The van der Waals surface area contributed by atoms with Crippen LogP contribution in [0.5, 0.6) is 0 Å². The van der Waals surface area contributed by atoms with Gasteiger partial charge in [-0.3, -0.25) is 10.00 Å². The van der Waals surface area contributed by atoms with Crippen LogP contribution in [0.4, 0.5) is 16.3 Å². The maximum absolute atomic E-state index is 11.8. The highest BCUT2D eigenvalue weighted by Gasteiger charge is 2.16. The summed E-state index contributed by atoms with van der Waals surface area (Å²) in [7, 11) is 0. The summed E-state index contributed by atoms with van der Waals surface area (Å²) >= 11 is 6.18. The van der Waals surface area contributed by atoms with Crippen LogP contribution in [0, 0.1) is 0 Å². The average Bonchev–Trinajstić information content (AvgIpc) is 2.76. The van der Waals surface area contributed by atoms with Crippen LogP contribution in [0.2, 0.25) is 5.02 Å². The lowest BCUT2D eigenvalue weighted by Crippen LogP contribution is -2.27. The molecule has 0 aliphatic rings. The Morgan fingerprint density at radius 2 is 2.14 bits per heavy atom. The normalized spacial score (nSPS) is 11.3. The van der Waals surface area contributed by atoms with Gasteiger partial charge in [-0.25, -0.2) is 4.79 Å². The molecule has 0 fully saturated rings. The van der Waals surface area contributed by atoms with Crippen molar-refractivity contribution in [1.29, 1.82) is 0 Å². The number of carbonyl (C=O) groups excluding carboxylic acids is 1. The van der Waals surface area contributed by atoms with Crippen LogP contribution in [0.25, 0.3) is 0 Å². The number of hydrogen-bond acceptors (Lipinski definition) is 4. The third-order valence-corrected chi connectivity index (χ3v) is 3.05. The Labute approximate surface area is 134 Å². The van der Waals surface area contributed by atoms with E-state index in [1.54, 1.807) is 35.1 Å². The van der Waals surface area contributed by atoms with Crippen molar-refractivity contribution in [2.75, 3.05) is 11.1 Å². The molecule has 22 heavy (non-hydrogen) atoms. The molecule has 1 amide bonds. The highest BCUT2D eigenvalue weighted by Crippen LogP contribution is 2.22. The zero-order chi connectivity index (χ0) is 16.3. The predicted molar refractivity (Wildman–Crippen MR) is 87.1 cm³/mol. The fourth-order valence-electron chi connectivity index (χ4n) is 1.84. The Hall–Kier alpha value is -2.21. The highest BCUT2D eigenvalue weighted by atomic mass is 35.5. The van der Waals surface area contributed by atoms with Crippen LogP contribution in [0.1, 0.15) is 26.3 Å². The summed E-state index contributed by atoms with van der Waals surface area (Å²) in [6.07, 6.45) is 1.25. The lowest BCUT2D eigenvalue weighted by atomic mass is 10.2. The molecule has 0 bridgehead atoms. The maximum Gasteiger partial charge on any atom is 0.412 e. The molecule has 3 N–H and O–H groups in total. The van der Waals surface area contributed by atoms with Crippen LogP contribution >= 0.6 is 11.6 Å². The Morgan fingerprint density at radius 3 is 2.73 bits per heavy atom. The molecule has 118 valence electrons. The fraction of sp³-hybridized carbons (Fsp3) is 0.333. The number of halogens is 1. The number of nitrogens with zero attached hydrogens (tertiary/aromatic N) is 2. The van der Waals surface area contributed by atoms with Crippen molar-refractivity contribution >= 4 is 29.2 Å². The third-order valence-electron chi connectivity index (χ3n) is 2.68. The molecule has 1 aromatic carbocycles. The molecule has 0 saturated carbocycles. The lowest BCUT2D eigenvalue weighted by molar-refractivity contribution is 0.0636. The topological polar surface area (TPSA) is 82.2 Å². The van der Waals surface area contributed by atoms with E-state index < -0.39 is 11.7 Å². The monoisotopic (exact) mass is 322 g/mol. The minimum absolute atomic E-state index is 0.444. The number of amides is 1. The van der Waals surface area contributed by atoms with Gasteiger partial charge in [-0.05, 0) is 50.6 Å². The van der Waals surface area contributed by atoms with Gasteiger partial charge in [0.05, 0.1) is 6.54 Å². The molecule has 2 rings (SSSR count). The first-order chi connectivity index (χ1) is 10.2. The summed E-state index contributed by atoms with van der Waals surface area (Å²) in [5.41, 5.74) is 6.46. The fourth-order valence-corrected chi connectivity index (χ4v) is 2.01. The predicted octanol–water partition coefficient (Wildman–Crippen LogP) is 3.51. The van der Waals surface area contributed by atoms with Gasteiger partial charge < -0.3 is 10.5 Å².